The fourth-order valence-corrected chi connectivity index (χ4v) is 4.10. The van der Waals surface area contributed by atoms with Crippen LogP contribution in [-0.4, -0.2) is 85.0 Å². The molecule has 0 aliphatic carbocycles. The molecule has 0 bridgehead atoms. The monoisotopic (exact) mass is 642 g/mol. The van der Waals surface area contributed by atoms with Crippen molar-refractivity contribution in [1.82, 2.24) is 21.3 Å². The third-order valence-corrected chi connectivity index (χ3v) is 6.49. The van der Waals surface area contributed by atoms with Crippen molar-refractivity contribution in [3.63, 3.8) is 0 Å². The minimum Gasteiger partial charge on any atom is -0.481 e. The van der Waals surface area contributed by atoms with Crippen molar-refractivity contribution >= 4 is 48.4 Å². The van der Waals surface area contributed by atoms with Gasteiger partial charge in [-0.15, -0.1) is 0 Å². The van der Waals surface area contributed by atoms with E-state index in [4.69, 9.17) is 9.84 Å². The Morgan fingerprint density at radius 3 is 2.09 bits per heavy atom. The number of rotatable bonds is 18. The predicted molar refractivity (Wildman–Crippen MR) is 162 cm³/mol. The molecule has 0 heterocycles. The highest BCUT2D eigenvalue weighted by atomic mass is 32.1. The maximum Gasteiger partial charge on any atom is 0.407 e. The summed E-state index contributed by atoms with van der Waals surface area (Å²) in [5.74, 6) is -4.71. The molecule has 0 aromatic heterocycles. The molecular formula is C29H43FN4O9S. The molecule has 0 radical (unpaired) electrons. The first-order chi connectivity index (χ1) is 20.7. The number of thiol groups is 1. The third kappa shape index (κ3) is 14.1. The molecule has 0 aliphatic rings. The van der Waals surface area contributed by atoms with E-state index in [0.717, 1.165) is 6.07 Å². The number of hydrogen-bond donors (Lipinski definition) is 6. The van der Waals surface area contributed by atoms with E-state index in [0.29, 0.717) is 0 Å². The van der Waals surface area contributed by atoms with E-state index in [1.54, 1.807) is 0 Å². The van der Waals surface area contributed by atoms with E-state index in [1.807, 2.05) is 27.7 Å². The SMILES string of the molecule is COC(=O)c1ccc(CCNC(=O)[C@H](CS)NC(=O)[C@H](CC(C)C)NC(=O)[C@H](CCC(=O)O)NC(=O)OCC(C)C)c(F)c1. The van der Waals surface area contributed by atoms with Gasteiger partial charge in [0.2, 0.25) is 17.7 Å². The van der Waals surface area contributed by atoms with E-state index in [9.17, 15) is 33.2 Å². The minimum atomic E-state index is -1.29. The molecule has 246 valence electrons. The highest BCUT2D eigenvalue weighted by molar-refractivity contribution is 7.80. The van der Waals surface area contributed by atoms with Gasteiger partial charge >= 0.3 is 18.0 Å². The van der Waals surface area contributed by atoms with Crippen molar-refractivity contribution in [2.45, 2.75) is 71.5 Å². The number of benzene rings is 1. The van der Waals surface area contributed by atoms with E-state index >= 15 is 0 Å². The van der Waals surface area contributed by atoms with Crippen LogP contribution in [0, 0.1) is 17.7 Å². The summed E-state index contributed by atoms with van der Waals surface area (Å²) < 4.78 is 24.0. The summed E-state index contributed by atoms with van der Waals surface area (Å²) in [6.45, 7) is 7.37. The van der Waals surface area contributed by atoms with Crippen LogP contribution in [0.1, 0.15) is 62.9 Å². The fourth-order valence-electron chi connectivity index (χ4n) is 3.84. The van der Waals surface area contributed by atoms with Crippen LogP contribution in [0.4, 0.5) is 9.18 Å². The molecule has 4 amide bonds. The lowest BCUT2D eigenvalue weighted by atomic mass is 10.0. The van der Waals surface area contributed by atoms with Gasteiger partial charge in [-0.25, -0.2) is 14.0 Å². The number of nitrogens with one attached hydrogen (secondary N) is 4. The molecule has 15 heteroatoms. The number of esters is 1. The number of methoxy groups -OCH3 is 1. The molecule has 3 atom stereocenters. The second-order valence-electron chi connectivity index (χ2n) is 10.9. The Bertz CT molecular complexity index is 1170. The van der Waals surface area contributed by atoms with Crippen LogP contribution in [0.5, 0.6) is 0 Å². The molecular weight excluding hydrogens is 599 g/mol. The number of amides is 4. The molecule has 0 saturated heterocycles. The zero-order valence-electron chi connectivity index (χ0n) is 25.6. The van der Waals surface area contributed by atoms with Crippen molar-refractivity contribution < 1.29 is 47.7 Å². The van der Waals surface area contributed by atoms with Crippen LogP contribution in [0.2, 0.25) is 0 Å². The molecule has 13 nitrogen and oxygen atoms in total. The zero-order chi connectivity index (χ0) is 33.4. The van der Waals surface area contributed by atoms with Gasteiger partial charge in [0.1, 0.15) is 23.9 Å². The lowest BCUT2D eigenvalue weighted by Crippen LogP contribution is -2.57. The van der Waals surface area contributed by atoms with E-state index in [2.05, 4.69) is 38.6 Å². The molecule has 0 fully saturated rings. The number of hydrogen-bond acceptors (Lipinski definition) is 9. The number of alkyl carbamates (subject to hydrolysis) is 1. The number of aliphatic carboxylic acids is 1. The summed E-state index contributed by atoms with van der Waals surface area (Å²) in [5, 5.41) is 19.1. The van der Waals surface area contributed by atoms with Gasteiger partial charge in [-0.2, -0.15) is 12.6 Å². The first-order valence-corrected chi connectivity index (χ1v) is 14.8. The quantitative estimate of drug-likeness (QED) is 0.103. The average Bonchev–Trinajstić information content (AvgIpc) is 2.96. The average molecular weight is 643 g/mol. The van der Waals surface area contributed by atoms with Gasteiger partial charge < -0.3 is 35.8 Å². The van der Waals surface area contributed by atoms with Crippen molar-refractivity contribution in [1.29, 1.82) is 0 Å². The van der Waals surface area contributed by atoms with Crippen LogP contribution in [0.3, 0.4) is 0 Å². The third-order valence-electron chi connectivity index (χ3n) is 6.13. The van der Waals surface area contributed by atoms with E-state index in [-0.39, 0.29) is 61.1 Å². The highest BCUT2D eigenvalue weighted by Gasteiger charge is 2.30. The van der Waals surface area contributed by atoms with Crippen LogP contribution < -0.4 is 21.3 Å². The summed E-state index contributed by atoms with van der Waals surface area (Å²) in [7, 11) is 1.18. The number of carboxylic acids is 1. The largest absolute Gasteiger partial charge is 0.481 e. The minimum absolute atomic E-state index is 0.0173. The first kappa shape index (κ1) is 38.1. The number of carboxylic acid groups (broad SMARTS) is 1. The Hall–Kier alpha value is -3.88. The van der Waals surface area contributed by atoms with Crippen LogP contribution in [0.15, 0.2) is 18.2 Å². The Balaban J connectivity index is 2.88. The zero-order valence-corrected chi connectivity index (χ0v) is 26.5. The molecule has 5 N–H and O–H groups in total. The standard InChI is InChI=1S/C29H43FN4O9S/c1-16(2)12-22(32-26(38)21(8-9-24(35)36)34-29(41)43-14-17(3)4)27(39)33-23(15-44)25(37)31-11-10-18-6-7-19(13-20(18)30)28(40)42-5/h6-7,13,16-17,21-23,44H,8-12,14-15H2,1-5H3,(H,31,37)(H,32,38)(H,33,39)(H,34,41)(H,35,36)/t21-,22-,23-/m0/s1. The van der Waals surface area contributed by atoms with Crippen LogP contribution in [0.25, 0.3) is 0 Å². The van der Waals surface area contributed by atoms with Gasteiger partial charge in [-0.05, 0) is 48.8 Å². The van der Waals surface area contributed by atoms with Gasteiger partial charge in [0.05, 0.1) is 19.3 Å². The summed E-state index contributed by atoms with van der Waals surface area (Å²) in [4.78, 5) is 73.9. The molecule has 1 aromatic carbocycles. The van der Waals surface area contributed by atoms with E-state index < -0.39 is 66.1 Å². The maximum atomic E-state index is 14.4. The molecule has 44 heavy (non-hydrogen) atoms. The van der Waals surface area contributed by atoms with Crippen molar-refractivity contribution in [2.24, 2.45) is 11.8 Å². The summed E-state index contributed by atoms with van der Waals surface area (Å²) in [6, 6.07) is 0.339. The fraction of sp³-hybridized carbons (Fsp3) is 0.586. The van der Waals surface area contributed by atoms with Gasteiger partial charge in [0.15, 0.2) is 0 Å². The Morgan fingerprint density at radius 1 is 0.909 bits per heavy atom. The first-order valence-electron chi connectivity index (χ1n) is 14.2. The number of carbonyl (C=O) groups is 6. The smallest absolute Gasteiger partial charge is 0.407 e. The molecule has 1 rings (SSSR count). The van der Waals surface area contributed by atoms with Crippen LogP contribution in [-0.2, 0) is 35.1 Å². The van der Waals surface area contributed by atoms with Crippen molar-refractivity contribution in [2.75, 3.05) is 26.0 Å². The van der Waals surface area contributed by atoms with Crippen molar-refractivity contribution in [3.8, 4) is 0 Å². The van der Waals surface area contributed by atoms with Gasteiger partial charge in [0.25, 0.3) is 0 Å². The number of ether oxygens (including phenoxy) is 2. The molecule has 1 aromatic rings. The second kappa shape index (κ2) is 19.4. The summed E-state index contributed by atoms with van der Waals surface area (Å²) in [6.07, 6.45) is -1.31. The normalized spacial score (nSPS) is 12.9. The molecule has 0 spiro atoms. The highest BCUT2D eigenvalue weighted by Crippen LogP contribution is 2.12. The van der Waals surface area contributed by atoms with Gasteiger partial charge in [0, 0.05) is 18.7 Å². The Morgan fingerprint density at radius 2 is 1.55 bits per heavy atom. The van der Waals surface area contributed by atoms with Gasteiger partial charge in [-0.3, -0.25) is 19.2 Å². The number of carbonyl (C=O) groups excluding carboxylic acids is 5. The molecule has 0 aliphatic heterocycles. The van der Waals surface area contributed by atoms with E-state index in [1.165, 1.54) is 19.2 Å². The topological polar surface area (TPSA) is 189 Å². The Kier molecular flexibility index (Phi) is 16.8. The second-order valence-corrected chi connectivity index (χ2v) is 11.3. The summed E-state index contributed by atoms with van der Waals surface area (Å²) in [5.41, 5.74) is 0.303. The maximum absolute atomic E-state index is 14.4. The number of halogens is 1. The lowest BCUT2D eigenvalue weighted by Gasteiger charge is -2.25. The van der Waals surface area contributed by atoms with Crippen LogP contribution >= 0.6 is 12.6 Å². The molecule has 0 saturated carbocycles. The molecule has 0 unspecified atom stereocenters. The predicted octanol–water partition coefficient (Wildman–Crippen LogP) is 1.83. The lowest BCUT2D eigenvalue weighted by molar-refractivity contribution is -0.137. The Labute approximate surface area is 261 Å². The van der Waals surface area contributed by atoms with Crippen molar-refractivity contribution in [3.05, 3.63) is 35.1 Å². The van der Waals surface area contributed by atoms with Gasteiger partial charge in [-0.1, -0.05) is 33.8 Å². The summed E-state index contributed by atoms with van der Waals surface area (Å²) >= 11 is 4.15.